The second kappa shape index (κ2) is 22.4. The zero-order chi connectivity index (χ0) is 47.5. The minimum atomic E-state index is -0.218. The first-order chi connectivity index (χ1) is 34.0. The summed E-state index contributed by atoms with van der Waals surface area (Å²) in [7, 11) is 0. The van der Waals surface area contributed by atoms with E-state index in [1.54, 1.807) is 5.56 Å². The summed E-state index contributed by atoms with van der Waals surface area (Å²) in [6.07, 6.45) is 33.1. The molecule has 0 amide bonds. The molecule has 3 aliphatic rings. The smallest absolute Gasteiger partial charge is 0.0697 e. The first-order valence-corrected chi connectivity index (χ1v) is 26.7. The molecule has 3 heteroatoms. The van der Waals surface area contributed by atoms with Crippen molar-refractivity contribution in [1.29, 1.82) is 0 Å². The van der Waals surface area contributed by atoms with Gasteiger partial charge in [-0.1, -0.05) is 188 Å². The molecule has 6 aromatic rings. The van der Waals surface area contributed by atoms with E-state index < -0.39 is 0 Å². The van der Waals surface area contributed by atoms with Gasteiger partial charge in [0.05, 0.1) is 5.54 Å². The van der Waals surface area contributed by atoms with Gasteiger partial charge in [-0.2, -0.15) is 0 Å². The van der Waals surface area contributed by atoms with Gasteiger partial charge in [0, 0.05) is 45.2 Å². The van der Waals surface area contributed by atoms with Gasteiger partial charge in [0.2, 0.25) is 0 Å². The summed E-state index contributed by atoms with van der Waals surface area (Å²) in [5, 5.41) is 3.54. The van der Waals surface area contributed by atoms with Crippen molar-refractivity contribution >= 4 is 28.4 Å². The maximum Gasteiger partial charge on any atom is 0.0697 e. The van der Waals surface area contributed by atoms with Gasteiger partial charge in [-0.25, -0.2) is 0 Å². The fourth-order valence-corrected chi connectivity index (χ4v) is 11.8. The molecule has 0 saturated carbocycles. The van der Waals surface area contributed by atoms with Crippen molar-refractivity contribution in [2.75, 3.05) is 15.1 Å². The van der Waals surface area contributed by atoms with Crippen molar-refractivity contribution in [2.45, 2.75) is 141 Å². The predicted octanol–water partition coefficient (Wildman–Crippen LogP) is 19.4. The Hall–Kier alpha value is -6.32. The van der Waals surface area contributed by atoms with Crippen LogP contribution < -0.4 is 15.1 Å². The van der Waals surface area contributed by atoms with E-state index >= 15 is 0 Å². The van der Waals surface area contributed by atoms with Crippen LogP contribution in [0.3, 0.4) is 0 Å². The normalized spacial score (nSPS) is 14.7. The lowest BCUT2D eigenvalue weighted by atomic mass is 9.69. The molecule has 0 atom stereocenters. The zero-order valence-corrected chi connectivity index (χ0v) is 42.0. The molecule has 0 spiro atoms. The molecule has 0 radical (unpaired) electrons. The van der Waals surface area contributed by atoms with Crippen LogP contribution in [0.25, 0.3) is 22.3 Å². The number of hydrogen-bond donors (Lipinski definition) is 1. The van der Waals surface area contributed by atoms with Crippen LogP contribution in [-0.2, 0) is 11.0 Å². The van der Waals surface area contributed by atoms with E-state index in [-0.39, 0.29) is 11.0 Å². The van der Waals surface area contributed by atoms with Gasteiger partial charge in [0.1, 0.15) is 0 Å². The quantitative estimate of drug-likeness (QED) is 0.0685. The third-order valence-electron chi connectivity index (χ3n) is 15.5. The predicted molar refractivity (Wildman–Crippen MR) is 298 cm³/mol. The average Bonchev–Trinajstić information content (AvgIpc) is 3.67. The highest BCUT2D eigenvalue weighted by molar-refractivity contribution is 5.85. The van der Waals surface area contributed by atoms with Crippen molar-refractivity contribution in [3.05, 3.63) is 210 Å². The Bertz CT molecular complexity index is 2720. The van der Waals surface area contributed by atoms with E-state index in [1.807, 2.05) is 0 Å². The molecule has 0 heterocycles. The Balaban J connectivity index is 1.14. The Morgan fingerprint density at radius 2 is 1.01 bits per heavy atom. The number of nitrogens with zero attached hydrogens (tertiary/aromatic N) is 2. The van der Waals surface area contributed by atoms with Crippen LogP contribution in [0.15, 0.2) is 193 Å². The number of fused-ring (bicyclic) bond motifs is 3. The second-order valence-corrected chi connectivity index (χ2v) is 19.8. The number of nitrogens with one attached hydrogen (secondary N) is 1. The van der Waals surface area contributed by atoms with Gasteiger partial charge in [-0.15, -0.1) is 0 Å². The van der Waals surface area contributed by atoms with E-state index in [9.17, 15) is 0 Å². The molecule has 6 aromatic carbocycles. The molecule has 0 bridgehead atoms. The Morgan fingerprint density at radius 1 is 0.478 bits per heavy atom. The Labute approximate surface area is 415 Å². The molecule has 69 heavy (non-hydrogen) atoms. The van der Waals surface area contributed by atoms with E-state index in [4.69, 9.17) is 0 Å². The Morgan fingerprint density at radius 3 is 1.59 bits per heavy atom. The van der Waals surface area contributed by atoms with Crippen molar-refractivity contribution in [1.82, 2.24) is 0 Å². The molecule has 1 N–H and O–H groups in total. The van der Waals surface area contributed by atoms with Crippen molar-refractivity contribution in [3.8, 4) is 22.3 Å². The van der Waals surface area contributed by atoms with Crippen LogP contribution in [0.4, 0.5) is 28.4 Å². The molecule has 0 aliphatic heterocycles. The topological polar surface area (TPSA) is 18.5 Å². The zero-order valence-electron chi connectivity index (χ0n) is 42.0. The molecule has 0 aromatic heterocycles. The lowest BCUT2D eigenvalue weighted by molar-refractivity contribution is 0.385. The minimum absolute atomic E-state index is 0.0825. The summed E-state index contributed by atoms with van der Waals surface area (Å²) in [6, 6.07) is 55.0. The number of unbranched alkanes of at least 4 members (excludes halogenated alkanes) is 6. The summed E-state index contributed by atoms with van der Waals surface area (Å²) in [5.41, 5.74) is 18.0. The van der Waals surface area contributed by atoms with Gasteiger partial charge in [0.25, 0.3) is 0 Å². The van der Waals surface area contributed by atoms with Crippen molar-refractivity contribution in [2.24, 2.45) is 0 Å². The van der Waals surface area contributed by atoms with Crippen LogP contribution in [0, 0.1) is 0 Å². The highest BCUT2D eigenvalue weighted by Crippen LogP contribution is 2.57. The molecule has 0 saturated heterocycles. The van der Waals surface area contributed by atoms with E-state index in [0.29, 0.717) is 0 Å². The van der Waals surface area contributed by atoms with Gasteiger partial charge in [0.15, 0.2) is 0 Å². The van der Waals surface area contributed by atoms with Gasteiger partial charge in [-0.3, -0.25) is 0 Å². The van der Waals surface area contributed by atoms with Crippen LogP contribution in [0.5, 0.6) is 0 Å². The van der Waals surface area contributed by atoms with E-state index in [1.165, 1.54) is 126 Å². The Kier molecular flexibility index (Phi) is 15.5. The highest BCUT2D eigenvalue weighted by atomic mass is 15.2. The molecule has 3 nitrogen and oxygen atoms in total. The first kappa shape index (κ1) is 47.7. The SMILES string of the molecule is CCCCCCC1(CCCCCC)c2cc(N(C3=CCCC=C3)c3ccc(-c4ccc(Nc5ccccc5)cc4)cc3)ccc2-c2ccc(C(CC)(CC)N(C3=CCCC=C3)c3ccccc3)cc21. The molecular weight excluding hydrogens is 835 g/mol. The fourth-order valence-electron chi connectivity index (χ4n) is 11.8. The molecule has 9 rings (SSSR count). The van der Waals surface area contributed by atoms with Crippen molar-refractivity contribution < 1.29 is 0 Å². The number of rotatable bonds is 22. The van der Waals surface area contributed by atoms with E-state index in [2.05, 4.69) is 225 Å². The summed E-state index contributed by atoms with van der Waals surface area (Å²) < 4.78 is 0. The summed E-state index contributed by atoms with van der Waals surface area (Å²) >= 11 is 0. The maximum absolute atomic E-state index is 3.54. The van der Waals surface area contributed by atoms with Crippen molar-refractivity contribution in [3.63, 3.8) is 0 Å². The largest absolute Gasteiger partial charge is 0.356 e. The van der Waals surface area contributed by atoms with E-state index in [0.717, 1.165) is 49.9 Å². The third-order valence-corrected chi connectivity index (χ3v) is 15.5. The van der Waals surface area contributed by atoms with Crippen LogP contribution >= 0.6 is 0 Å². The second-order valence-electron chi connectivity index (χ2n) is 19.8. The summed E-state index contributed by atoms with van der Waals surface area (Å²) in [6.45, 7) is 9.53. The summed E-state index contributed by atoms with van der Waals surface area (Å²) in [5.74, 6) is 0. The monoisotopic (exact) mass is 910 g/mol. The molecule has 0 unspecified atom stereocenters. The number of anilines is 5. The highest BCUT2D eigenvalue weighted by Gasteiger charge is 2.45. The average molecular weight is 910 g/mol. The molecular formula is C66H75N3. The van der Waals surface area contributed by atoms with Crippen LogP contribution in [0.1, 0.15) is 147 Å². The minimum Gasteiger partial charge on any atom is -0.356 e. The molecule has 354 valence electrons. The fraction of sp³-hybridized carbons (Fsp3) is 0.333. The number of benzene rings is 6. The summed E-state index contributed by atoms with van der Waals surface area (Å²) in [4.78, 5) is 5.23. The van der Waals surface area contributed by atoms with Crippen LogP contribution in [-0.4, -0.2) is 0 Å². The molecule has 0 fully saturated rings. The lowest BCUT2D eigenvalue weighted by Crippen LogP contribution is -2.45. The number of para-hydroxylation sites is 2. The maximum atomic E-state index is 3.54. The molecule has 3 aliphatic carbocycles. The van der Waals surface area contributed by atoms with Gasteiger partial charge >= 0.3 is 0 Å². The number of hydrogen-bond acceptors (Lipinski definition) is 3. The van der Waals surface area contributed by atoms with Gasteiger partial charge < -0.3 is 15.1 Å². The van der Waals surface area contributed by atoms with Gasteiger partial charge in [-0.05, 0) is 163 Å². The van der Waals surface area contributed by atoms with Crippen LogP contribution in [0.2, 0.25) is 0 Å². The standard InChI is InChI=1S/C66H75N3/c1-5-9-11-25-47-65(48-26-12-10-6-2)63-49-53(66(7-3,8-4)69(58-31-21-15-22-32-58)59-33-23-16-24-34-59)39-45-61(63)62-46-44-60(50-64(62)65)68(56-29-19-14-20-30-56)57-42-37-52(38-43-57)51-35-40-55(41-36-51)67-54-27-17-13-18-28-54/h13,15,17-19,21-23,27-46,49-50,67H,5-12,14,16,20,24-26,47-48H2,1-4H3. The lowest BCUT2D eigenvalue weighted by Gasteiger charge is -2.47. The third kappa shape index (κ3) is 10.1. The first-order valence-electron chi connectivity index (χ1n) is 26.7. The number of allylic oxidation sites excluding steroid dienone is 6.